The molecule has 0 saturated heterocycles. The number of halogens is 2. The Morgan fingerprint density at radius 3 is 2.35 bits per heavy atom. The number of benzene rings is 2. The molecule has 0 aliphatic carbocycles. The highest BCUT2D eigenvalue weighted by Crippen LogP contribution is 2.36. The van der Waals surface area contributed by atoms with Gasteiger partial charge in [-0.1, -0.05) is 41.9 Å². The summed E-state index contributed by atoms with van der Waals surface area (Å²) in [6.07, 6.45) is -0.578. The van der Waals surface area contributed by atoms with E-state index in [1.54, 1.807) is 0 Å². The van der Waals surface area contributed by atoms with Crippen molar-refractivity contribution in [1.82, 2.24) is 5.32 Å². The van der Waals surface area contributed by atoms with Gasteiger partial charge in [-0.3, -0.25) is 0 Å². The van der Waals surface area contributed by atoms with Gasteiger partial charge in [0.2, 0.25) is 0 Å². The molecule has 0 aliphatic heterocycles. The molecule has 0 saturated carbocycles. The second-order valence-electron chi connectivity index (χ2n) is 5.80. The Balaban J connectivity index is 0.00000338. The number of aliphatic hydroxyl groups excluding tert-OH is 1. The number of hydrogen-bond donors (Lipinski definition) is 2. The smallest absolute Gasteiger partial charge is 0.179 e. The van der Waals surface area contributed by atoms with E-state index in [9.17, 15) is 5.11 Å². The van der Waals surface area contributed by atoms with Crippen molar-refractivity contribution in [2.45, 2.75) is 39.5 Å². The van der Waals surface area contributed by atoms with Crippen LogP contribution in [0.1, 0.15) is 38.0 Å². The summed E-state index contributed by atoms with van der Waals surface area (Å²) >= 11 is 6.34. The maximum atomic E-state index is 10.4. The number of hydrogen-bond acceptors (Lipinski definition) is 4. The van der Waals surface area contributed by atoms with Crippen LogP contribution in [0, 0.1) is 0 Å². The Morgan fingerprint density at radius 1 is 1.08 bits per heavy atom. The summed E-state index contributed by atoms with van der Waals surface area (Å²) in [5.74, 6) is 1.22. The Labute approximate surface area is 166 Å². The molecule has 0 aromatic heterocycles. The number of aliphatic hydroxyl groups is 1. The van der Waals surface area contributed by atoms with Crippen molar-refractivity contribution in [3.8, 4) is 11.5 Å². The van der Waals surface area contributed by atoms with Crippen LogP contribution in [-0.4, -0.2) is 24.4 Å². The van der Waals surface area contributed by atoms with E-state index in [1.807, 2.05) is 63.2 Å². The van der Waals surface area contributed by atoms with Gasteiger partial charge in [0, 0.05) is 12.6 Å². The van der Waals surface area contributed by atoms with Gasteiger partial charge in [0.05, 0.1) is 24.3 Å². The molecule has 6 heteroatoms. The maximum Gasteiger partial charge on any atom is 0.179 e. The molecule has 2 aromatic carbocycles. The monoisotopic (exact) mass is 398 g/mol. The van der Waals surface area contributed by atoms with Gasteiger partial charge >= 0.3 is 0 Å². The molecule has 26 heavy (non-hydrogen) atoms. The van der Waals surface area contributed by atoms with Crippen LogP contribution in [0.15, 0.2) is 42.5 Å². The third-order valence-corrected chi connectivity index (χ3v) is 4.18. The van der Waals surface area contributed by atoms with E-state index in [0.29, 0.717) is 36.3 Å². The van der Waals surface area contributed by atoms with Gasteiger partial charge < -0.3 is 32.3 Å². The minimum absolute atomic E-state index is 0. The van der Waals surface area contributed by atoms with Gasteiger partial charge in [-0.2, -0.15) is 0 Å². The largest absolute Gasteiger partial charge is 1.00 e. The Bertz CT molecular complexity index is 668. The maximum absolute atomic E-state index is 10.4. The molecule has 2 rings (SSSR count). The standard InChI is InChI=1S/C20H26ClNO3.ClH/c1-4-24-18-12-15(11-17(21)20(18)25-5-2)13-22-14(3)19(23)16-9-7-6-8-10-16;/h6-12,14,19,22-23H,4-5,13H2,1-3H3;1H/p-1. The summed E-state index contributed by atoms with van der Waals surface area (Å²) in [6, 6.07) is 13.3. The van der Waals surface area contributed by atoms with E-state index in [-0.39, 0.29) is 18.4 Å². The van der Waals surface area contributed by atoms with Gasteiger partial charge in [-0.05, 0) is 44.0 Å². The van der Waals surface area contributed by atoms with Crippen molar-refractivity contribution in [2.24, 2.45) is 0 Å². The van der Waals surface area contributed by atoms with Crippen molar-refractivity contribution in [2.75, 3.05) is 13.2 Å². The molecule has 0 fully saturated rings. The molecule has 2 atom stereocenters. The number of ether oxygens (including phenoxy) is 2. The van der Waals surface area contributed by atoms with Crippen LogP contribution in [0.2, 0.25) is 5.02 Å². The highest BCUT2D eigenvalue weighted by Gasteiger charge is 2.17. The van der Waals surface area contributed by atoms with Crippen LogP contribution in [0.5, 0.6) is 11.5 Å². The van der Waals surface area contributed by atoms with Gasteiger partial charge in [-0.15, -0.1) is 0 Å². The lowest BCUT2D eigenvalue weighted by Crippen LogP contribution is -3.00. The highest BCUT2D eigenvalue weighted by atomic mass is 35.5. The lowest BCUT2D eigenvalue weighted by atomic mass is 10.0. The second-order valence-corrected chi connectivity index (χ2v) is 6.20. The van der Waals surface area contributed by atoms with Crippen LogP contribution in [0.25, 0.3) is 0 Å². The number of rotatable bonds is 9. The van der Waals surface area contributed by atoms with Gasteiger partial charge in [-0.25, -0.2) is 0 Å². The third kappa shape index (κ3) is 6.06. The fraction of sp³-hybridized carbons (Fsp3) is 0.400. The Kier molecular flexibility index (Phi) is 9.81. The summed E-state index contributed by atoms with van der Waals surface area (Å²) in [7, 11) is 0. The lowest BCUT2D eigenvalue weighted by molar-refractivity contribution is -0.00000751. The van der Waals surface area contributed by atoms with E-state index in [2.05, 4.69) is 5.32 Å². The molecule has 0 amide bonds. The van der Waals surface area contributed by atoms with E-state index < -0.39 is 6.10 Å². The minimum atomic E-state index is -0.578. The van der Waals surface area contributed by atoms with Crippen molar-refractivity contribution < 1.29 is 27.0 Å². The quantitative estimate of drug-likeness (QED) is 0.669. The van der Waals surface area contributed by atoms with E-state index in [0.717, 1.165) is 11.1 Å². The van der Waals surface area contributed by atoms with Crippen LogP contribution in [0.3, 0.4) is 0 Å². The summed E-state index contributed by atoms with van der Waals surface area (Å²) in [5.41, 5.74) is 1.87. The molecule has 0 heterocycles. The van der Waals surface area contributed by atoms with E-state index >= 15 is 0 Å². The molecule has 2 N–H and O–H groups in total. The Morgan fingerprint density at radius 2 is 1.73 bits per heavy atom. The van der Waals surface area contributed by atoms with Crippen LogP contribution >= 0.6 is 11.6 Å². The Hall–Kier alpha value is -1.46. The third-order valence-electron chi connectivity index (χ3n) is 3.90. The zero-order valence-electron chi connectivity index (χ0n) is 15.3. The summed E-state index contributed by atoms with van der Waals surface area (Å²) in [4.78, 5) is 0. The van der Waals surface area contributed by atoms with Gasteiger partial charge in [0.1, 0.15) is 0 Å². The molecule has 0 spiro atoms. The fourth-order valence-corrected chi connectivity index (χ4v) is 2.89. The van der Waals surface area contributed by atoms with Crippen molar-refractivity contribution >= 4 is 11.6 Å². The van der Waals surface area contributed by atoms with E-state index in [1.165, 1.54) is 0 Å². The average Bonchev–Trinajstić information content (AvgIpc) is 2.63. The number of nitrogens with one attached hydrogen (secondary N) is 1. The average molecular weight is 399 g/mol. The molecule has 144 valence electrons. The zero-order chi connectivity index (χ0) is 18.2. The summed E-state index contributed by atoms with van der Waals surface area (Å²) in [5, 5.41) is 14.3. The predicted octanol–water partition coefficient (Wildman–Crippen LogP) is 1.35. The molecular weight excluding hydrogens is 373 g/mol. The van der Waals surface area contributed by atoms with Crippen LogP contribution in [-0.2, 0) is 6.54 Å². The van der Waals surface area contributed by atoms with E-state index in [4.69, 9.17) is 21.1 Å². The molecular formula is C20H26Cl2NO3-. The predicted molar refractivity (Wildman–Crippen MR) is 101 cm³/mol. The normalized spacial score (nSPS) is 12.8. The summed E-state index contributed by atoms with van der Waals surface area (Å²) < 4.78 is 11.2. The van der Waals surface area contributed by atoms with Crippen molar-refractivity contribution in [3.05, 3.63) is 58.6 Å². The summed E-state index contributed by atoms with van der Waals surface area (Å²) in [6.45, 7) is 7.42. The SMILES string of the molecule is CCOc1cc(CNC(C)C(O)c2ccccc2)cc(Cl)c1OCC.[Cl-]. The van der Waals surface area contributed by atoms with Crippen LogP contribution in [0.4, 0.5) is 0 Å². The first-order chi connectivity index (χ1) is 12.1. The van der Waals surface area contributed by atoms with Crippen LogP contribution < -0.4 is 27.2 Å². The minimum Gasteiger partial charge on any atom is -1.00 e. The highest BCUT2D eigenvalue weighted by molar-refractivity contribution is 6.32. The first-order valence-corrected chi connectivity index (χ1v) is 8.99. The molecule has 0 bridgehead atoms. The molecule has 2 aromatic rings. The molecule has 0 aliphatic rings. The van der Waals surface area contributed by atoms with Gasteiger partial charge in [0.15, 0.2) is 11.5 Å². The molecule has 4 nitrogen and oxygen atoms in total. The topological polar surface area (TPSA) is 50.7 Å². The first kappa shape index (κ1) is 22.6. The van der Waals surface area contributed by atoms with Crippen molar-refractivity contribution in [1.29, 1.82) is 0 Å². The first-order valence-electron chi connectivity index (χ1n) is 8.61. The van der Waals surface area contributed by atoms with Gasteiger partial charge in [0.25, 0.3) is 0 Å². The van der Waals surface area contributed by atoms with Crippen molar-refractivity contribution in [3.63, 3.8) is 0 Å². The molecule has 2 unspecified atom stereocenters. The lowest BCUT2D eigenvalue weighted by Gasteiger charge is -2.21. The zero-order valence-corrected chi connectivity index (χ0v) is 16.8. The fourth-order valence-electron chi connectivity index (χ4n) is 2.60. The second kappa shape index (κ2) is 11.3. The molecule has 0 radical (unpaired) electrons.